The fraction of sp³-hybridized carbons (Fsp3) is 0.111. The molecular weight excluding hydrogens is 341 g/mol. The van der Waals surface area contributed by atoms with Gasteiger partial charge in [0.25, 0.3) is 0 Å². The summed E-state index contributed by atoms with van der Waals surface area (Å²) in [5.74, 6) is 0.966. The molecule has 7 heteroatoms. The Morgan fingerprint density at radius 2 is 1.96 bits per heavy atom. The quantitative estimate of drug-likeness (QED) is 0.414. The summed E-state index contributed by atoms with van der Waals surface area (Å²) < 4.78 is 24.0. The highest BCUT2D eigenvalue weighted by Gasteiger charge is 2.10. The van der Waals surface area contributed by atoms with E-state index in [2.05, 4.69) is 15.8 Å². The van der Waals surface area contributed by atoms with Crippen molar-refractivity contribution < 1.29 is 13.5 Å². The average Bonchev–Trinajstić information content (AvgIpc) is 3.06. The minimum Gasteiger partial charge on any atom is -0.493 e. The van der Waals surface area contributed by atoms with Crippen molar-refractivity contribution in [1.82, 2.24) is 5.43 Å². The third kappa shape index (κ3) is 3.95. The van der Waals surface area contributed by atoms with Crippen LogP contribution in [-0.2, 0) is 0 Å². The molecule has 2 N–H and O–H groups in total. The van der Waals surface area contributed by atoms with E-state index in [-0.39, 0.29) is 5.82 Å². The third-order valence-corrected chi connectivity index (χ3v) is 3.71. The summed E-state index contributed by atoms with van der Waals surface area (Å²) in [6, 6.07) is 13.4. The molecule has 5 nitrogen and oxygen atoms in total. The number of fused-ring (bicyclic) bond motifs is 1. The minimum atomic E-state index is -0.307. The summed E-state index contributed by atoms with van der Waals surface area (Å²) in [7, 11) is 1.60. The van der Waals surface area contributed by atoms with Gasteiger partial charge < -0.3 is 14.5 Å². The maximum absolute atomic E-state index is 12.9. The lowest BCUT2D eigenvalue weighted by Gasteiger charge is -2.07. The smallest absolute Gasteiger partial charge is 0.191 e. The number of thiocarbonyl (C=S) groups is 1. The van der Waals surface area contributed by atoms with Gasteiger partial charge in [-0.05, 0) is 55.5 Å². The highest BCUT2D eigenvalue weighted by Crippen LogP contribution is 2.28. The van der Waals surface area contributed by atoms with E-state index in [1.54, 1.807) is 26.2 Å². The monoisotopic (exact) mass is 357 g/mol. The van der Waals surface area contributed by atoms with Gasteiger partial charge in [-0.1, -0.05) is 12.1 Å². The van der Waals surface area contributed by atoms with E-state index in [0.29, 0.717) is 33.6 Å². The van der Waals surface area contributed by atoms with E-state index in [0.717, 1.165) is 5.39 Å². The van der Waals surface area contributed by atoms with Gasteiger partial charge in [-0.25, -0.2) is 4.39 Å². The number of methoxy groups -OCH3 is 1. The normalized spacial score (nSPS) is 11.4. The number of benzene rings is 2. The van der Waals surface area contributed by atoms with Crippen LogP contribution in [0, 0.1) is 5.82 Å². The Morgan fingerprint density at radius 1 is 1.20 bits per heavy atom. The molecule has 0 saturated carbocycles. The highest BCUT2D eigenvalue weighted by atomic mass is 32.1. The number of hydrogen-bond acceptors (Lipinski definition) is 4. The maximum atomic E-state index is 12.9. The van der Waals surface area contributed by atoms with Gasteiger partial charge in [-0.2, -0.15) is 5.10 Å². The Kier molecular flexibility index (Phi) is 4.95. The summed E-state index contributed by atoms with van der Waals surface area (Å²) in [4.78, 5) is 0. The van der Waals surface area contributed by atoms with E-state index in [1.165, 1.54) is 12.1 Å². The minimum absolute atomic E-state index is 0.291. The molecule has 0 bridgehead atoms. The fourth-order valence-electron chi connectivity index (χ4n) is 2.26. The van der Waals surface area contributed by atoms with E-state index in [4.69, 9.17) is 21.4 Å². The predicted octanol–water partition coefficient (Wildman–Crippen LogP) is 4.29. The van der Waals surface area contributed by atoms with Crippen molar-refractivity contribution in [2.45, 2.75) is 6.92 Å². The highest BCUT2D eigenvalue weighted by molar-refractivity contribution is 7.80. The second-order valence-corrected chi connectivity index (χ2v) is 5.67. The lowest BCUT2D eigenvalue weighted by Crippen LogP contribution is -2.24. The molecule has 25 heavy (non-hydrogen) atoms. The SMILES string of the molecule is COc1cccc2cc(/C(C)=N\NC(=S)Nc3ccc(F)cc3)oc12. The zero-order valence-corrected chi connectivity index (χ0v) is 14.5. The summed E-state index contributed by atoms with van der Waals surface area (Å²) in [6.45, 7) is 1.80. The first kappa shape index (κ1) is 16.9. The van der Waals surface area contributed by atoms with Crippen LogP contribution in [0.2, 0.25) is 0 Å². The second-order valence-electron chi connectivity index (χ2n) is 5.26. The van der Waals surface area contributed by atoms with Crippen LogP contribution in [-0.4, -0.2) is 17.9 Å². The number of hydrogen-bond donors (Lipinski definition) is 2. The molecule has 0 saturated heterocycles. The van der Waals surface area contributed by atoms with Crippen molar-refractivity contribution in [3.63, 3.8) is 0 Å². The Balaban J connectivity index is 1.71. The van der Waals surface area contributed by atoms with E-state index in [1.807, 2.05) is 24.3 Å². The van der Waals surface area contributed by atoms with Crippen molar-refractivity contribution in [3.8, 4) is 5.75 Å². The molecule has 2 aromatic carbocycles. The molecule has 1 heterocycles. The van der Waals surface area contributed by atoms with Gasteiger partial charge in [0.05, 0.1) is 7.11 Å². The molecule has 0 aliphatic carbocycles. The van der Waals surface area contributed by atoms with Crippen LogP contribution in [0.4, 0.5) is 10.1 Å². The molecule has 3 rings (SSSR count). The van der Waals surface area contributed by atoms with Gasteiger partial charge in [0.15, 0.2) is 22.2 Å². The van der Waals surface area contributed by atoms with Crippen LogP contribution in [0.5, 0.6) is 5.75 Å². The maximum Gasteiger partial charge on any atom is 0.191 e. The van der Waals surface area contributed by atoms with Crippen LogP contribution in [0.25, 0.3) is 11.0 Å². The number of rotatable bonds is 4. The van der Waals surface area contributed by atoms with Gasteiger partial charge in [0.2, 0.25) is 0 Å². The molecule has 128 valence electrons. The lowest BCUT2D eigenvalue weighted by molar-refractivity contribution is 0.410. The molecule has 0 atom stereocenters. The second kappa shape index (κ2) is 7.31. The zero-order chi connectivity index (χ0) is 17.8. The summed E-state index contributed by atoms with van der Waals surface area (Å²) in [5.41, 5.74) is 4.70. The Morgan fingerprint density at radius 3 is 2.68 bits per heavy atom. The Hall–Kier alpha value is -2.93. The molecular formula is C18H16FN3O2S. The predicted molar refractivity (Wildman–Crippen MR) is 101 cm³/mol. The number of para-hydroxylation sites is 1. The van der Waals surface area contributed by atoms with Gasteiger partial charge in [-0.15, -0.1) is 0 Å². The van der Waals surface area contributed by atoms with Crippen molar-refractivity contribution in [3.05, 3.63) is 60.1 Å². The zero-order valence-electron chi connectivity index (χ0n) is 13.7. The molecule has 0 amide bonds. The van der Waals surface area contributed by atoms with Gasteiger partial charge in [0.1, 0.15) is 11.5 Å². The largest absolute Gasteiger partial charge is 0.493 e. The summed E-state index contributed by atoms with van der Waals surface area (Å²) >= 11 is 5.17. The molecule has 0 unspecified atom stereocenters. The molecule has 0 fully saturated rings. The van der Waals surface area contributed by atoms with E-state index >= 15 is 0 Å². The third-order valence-electron chi connectivity index (χ3n) is 3.51. The number of hydrazone groups is 1. The number of ether oxygens (including phenoxy) is 1. The first-order valence-electron chi connectivity index (χ1n) is 7.50. The van der Waals surface area contributed by atoms with Crippen LogP contribution < -0.4 is 15.5 Å². The average molecular weight is 357 g/mol. The number of furan rings is 1. The van der Waals surface area contributed by atoms with Crippen molar-refractivity contribution >= 4 is 39.7 Å². The summed E-state index contributed by atoms with van der Waals surface area (Å²) in [6.07, 6.45) is 0. The first-order valence-corrected chi connectivity index (χ1v) is 7.91. The van der Waals surface area contributed by atoms with Crippen molar-refractivity contribution in [1.29, 1.82) is 0 Å². The Labute approximate surface area is 149 Å². The number of nitrogens with zero attached hydrogens (tertiary/aromatic N) is 1. The lowest BCUT2D eigenvalue weighted by atomic mass is 10.2. The first-order chi connectivity index (χ1) is 12.1. The fourth-order valence-corrected chi connectivity index (χ4v) is 2.42. The van der Waals surface area contributed by atoms with Crippen LogP contribution in [0.1, 0.15) is 12.7 Å². The van der Waals surface area contributed by atoms with E-state index in [9.17, 15) is 4.39 Å². The van der Waals surface area contributed by atoms with Gasteiger partial charge >= 0.3 is 0 Å². The molecule has 0 radical (unpaired) electrons. The molecule has 1 aromatic heterocycles. The standard InChI is InChI=1S/C18H16FN3O2S/c1-11(16-10-12-4-3-5-15(23-2)17(12)24-16)21-22-18(25)20-14-8-6-13(19)7-9-14/h3-10H,1-2H3,(H2,20,22,25)/b21-11-. The summed E-state index contributed by atoms with van der Waals surface area (Å²) in [5, 5.41) is 8.35. The van der Waals surface area contributed by atoms with Crippen LogP contribution in [0.15, 0.2) is 58.0 Å². The van der Waals surface area contributed by atoms with Crippen molar-refractivity contribution in [2.24, 2.45) is 5.10 Å². The van der Waals surface area contributed by atoms with Gasteiger partial charge in [-0.3, -0.25) is 5.43 Å². The molecule has 0 spiro atoms. The molecule has 0 aliphatic heterocycles. The van der Waals surface area contributed by atoms with Gasteiger partial charge in [0, 0.05) is 11.1 Å². The Bertz CT molecular complexity index is 935. The molecule has 3 aromatic rings. The topological polar surface area (TPSA) is 58.8 Å². The number of halogens is 1. The number of anilines is 1. The van der Waals surface area contributed by atoms with Crippen molar-refractivity contribution in [2.75, 3.05) is 12.4 Å². The number of nitrogens with one attached hydrogen (secondary N) is 2. The molecule has 0 aliphatic rings. The van der Waals surface area contributed by atoms with Crippen LogP contribution in [0.3, 0.4) is 0 Å². The van der Waals surface area contributed by atoms with Crippen LogP contribution >= 0.6 is 12.2 Å². The van der Waals surface area contributed by atoms with E-state index < -0.39 is 0 Å².